The van der Waals surface area contributed by atoms with Gasteiger partial charge in [0.15, 0.2) is 6.10 Å². The number of amides is 1. The Kier molecular flexibility index (Phi) is 4.07. The van der Waals surface area contributed by atoms with Crippen molar-refractivity contribution < 1.29 is 19.4 Å². The molecule has 19 heavy (non-hydrogen) atoms. The zero-order chi connectivity index (χ0) is 14.0. The molecule has 1 fully saturated rings. The molecular weight excluding hydrogens is 270 g/mol. The van der Waals surface area contributed by atoms with Gasteiger partial charge in [0.1, 0.15) is 0 Å². The molecule has 1 aliphatic rings. The van der Waals surface area contributed by atoms with Crippen LogP contribution in [0.1, 0.15) is 17.3 Å². The lowest BCUT2D eigenvalue weighted by molar-refractivity contribution is -0.160. The molecule has 1 amide bonds. The van der Waals surface area contributed by atoms with E-state index in [1.807, 2.05) is 0 Å². The first kappa shape index (κ1) is 13.8. The number of hydrogen-bond donors (Lipinski definition) is 1. The van der Waals surface area contributed by atoms with Crippen molar-refractivity contribution in [2.45, 2.75) is 19.1 Å². The lowest BCUT2D eigenvalue weighted by Crippen LogP contribution is -2.51. The fourth-order valence-corrected chi connectivity index (χ4v) is 2.28. The Morgan fingerprint density at radius 3 is 2.68 bits per heavy atom. The number of ether oxygens (including phenoxy) is 1. The number of carboxylic acids is 1. The van der Waals surface area contributed by atoms with Gasteiger partial charge in [-0.05, 0) is 19.1 Å². The minimum Gasteiger partial charge on any atom is -0.479 e. The maximum atomic E-state index is 12.3. The molecule has 0 radical (unpaired) electrons. The number of carboxylic acid groups (broad SMARTS) is 1. The molecule has 0 saturated carbocycles. The van der Waals surface area contributed by atoms with E-state index >= 15 is 0 Å². The van der Waals surface area contributed by atoms with Crippen LogP contribution in [0.25, 0.3) is 0 Å². The van der Waals surface area contributed by atoms with Crippen molar-refractivity contribution in [3.05, 3.63) is 34.9 Å². The van der Waals surface area contributed by atoms with Crippen LogP contribution in [0, 0.1) is 0 Å². The van der Waals surface area contributed by atoms with Gasteiger partial charge in [0.25, 0.3) is 5.91 Å². The summed E-state index contributed by atoms with van der Waals surface area (Å²) in [5.41, 5.74) is 0.377. The van der Waals surface area contributed by atoms with E-state index in [0.29, 0.717) is 17.1 Å². The van der Waals surface area contributed by atoms with E-state index in [4.69, 9.17) is 21.4 Å². The van der Waals surface area contributed by atoms with Gasteiger partial charge in [-0.2, -0.15) is 0 Å². The molecule has 1 heterocycles. The van der Waals surface area contributed by atoms with Crippen molar-refractivity contribution >= 4 is 23.5 Å². The van der Waals surface area contributed by atoms with Crippen molar-refractivity contribution in [3.8, 4) is 0 Å². The molecule has 1 N–H and O–H groups in total. The second-order valence-electron chi connectivity index (χ2n) is 4.46. The fourth-order valence-electron chi connectivity index (χ4n) is 2.06. The van der Waals surface area contributed by atoms with Gasteiger partial charge >= 0.3 is 5.97 Å². The number of morpholine rings is 1. The molecule has 0 spiro atoms. The van der Waals surface area contributed by atoms with Gasteiger partial charge in [-0.3, -0.25) is 4.79 Å². The third-order valence-corrected chi connectivity index (χ3v) is 3.26. The van der Waals surface area contributed by atoms with Crippen LogP contribution in [0.2, 0.25) is 5.02 Å². The summed E-state index contributed by atoms with van der Waals surface area (Å²) in [6.07, 6.45) is -1.31. The third kappa shape index (κ3) is 3.05. The Labute approximate surface area is 115 Å². The van der Waals surface area contributed by atoms with E-state index in [1.165, 1.54) is 4.90 Å². The summed E-state index contributed by atoms with van der Waals surface area (Å²) < 4.78 is 5.27. The summed E-state index contributed by atoms with van der Waals surface area (Å²) in [7, 11) is 0. The maximum absolute atomic E-state index is 12.3. The third-order valence-electron chi connectivity index (χ3n) is 2.93. The second-order valence-corrected chi connectivity index (χ2v) is 4.87. The molecule has 6 heteroatoms. The minimum absolute atomic E-state index is 0.0315. The van der Waals surface area contributed by atoms with Crippen molar-refractivity contribution in [1.82, 2.24) is 4.90 Å². The molecule has 1 aliphatic heterocycles. The van der Waals surface area contributed by atoms with Crippen LogP contribution >= 0.6 is 11.6 Å². The molecule has 1 aromatic rings. The van der Waals surface area contributed by atoms with Crippen LogP contribution in [0.5, 0.6) is 0 Å². The molecule has 1 saturated heterocycles. The standard InChI is InChI=1S/C13H14ClNO4/c1-8-6-15(7-11(19-8)13(17)18)12(16)9-4-2-3-5-10(9)14/h2-5,8,11H,6-7H2,1H3,(H,17,18)/t8-,11?/m1/s1. The molecule has 5 nitrogen and oxygen atoms in total. The van der Waals surface area contributed by atoms with Gasteiger partial charge in [0.05, 0.1) is 23.2 Å². The monoisotopic (exact) mass is 283 g/mol. The Balaban J connectivity index is 2.19. The first-order valence-electron chi connectivity index (χ1n) is 5.91. The summed E-state index contributed by atoms with van der Waals surface area (Å²) in [5, 5.41) is 9.35. The molecule has 1 aromatic carbocycles. The quantitative estimate of drug-likeness (QED) is 0.896. The average molecular weight is 284 g/mol. The summed E-state index contributed by atoms with van der Waals surface area (Å²) in [4.78, 5) is 24.8. The van der Waals surface area contributed by atoms with E-state index in [-0.39, 0.29) is 18.6 Å². The Morgan fingerprint density at radius 2 is 2.05 bits per heavy atom. The molecule has 0 aromatic heterocycles. The van der Waals surface area contributed by atoms with Crippen LogP contribution < -0.4 is 0 Å². The molecule has 0 bridgehead atoms. The van der Waals surface area contributed by atoms with Gasteiger partial charge in [-0.25, -0.2) is 4.79 Å². The molecule has 102 valence electrons. The smallest absolute Gasteiger partial charge is 0.334 e. The highest BCUT2D eigenvalue weighted by Gasteiger charge is 2.33. The van der Waals surface area contributed by atoms with E-state index in [9.17, 15) is 9.59 Å². The topological polar surface area (TPSA) is 66.8 Å². The number of halogens is 1. The minimum atomic E-state index is -1.07. The number of carbonyl (C=O) groups excluding carboxylic acids is 1. The van der Waals surface area contributed by atoms with Crippen LogP contribution in [0.4, 0.5) is 0 Å². The maximum Gasteiger partial charge on any atom is 0.334 e. The van der Waals surface area contributed by atoms with Crippen molar-refractivity contribution in [3.63, 3.8) is 0 Å². The predicted molar refractivity (Wildman–Crippen MR) is 69.3 cm³/mol. The zero-order valence-corrected chi connectivity index (χ0v) is 11.1. The Hall–Kier alpha value is -1.59. The number of carbonyl (C=O) groups is 2. The fraction of sp³-hybridized carbons (Fsp3) is 0.385. The summed E-state index contributed by atoms with van der Waals surface area (Å²) in [5.74, 6) is -1.34. The summed E-state index contributed by atoms with van der Waals surface area (Å²) in [6.45, 7) is 2.12. The molecule has 2 rings (SSSR count). The van der Waals surface area contributed by atoms with E-state index in [2.05, 4.69) is 0 Å². The second kappa shape index (κ2) is 5.59. The normalized spacial score (nSPS) is 23.2. The SMILES string of the molecule is C[C@@H]1CN(C(=O)c2ccccc2Cl)CC(C(=O)O)O1. The number of rotatable bonds is 2. The molecule has 0 aliphatic carbocycles. The van der Waals surface area contributed by atoms with E-state index in [1.54, 1.807) is 31.2 Å². The first-order chi connectivity index (χ1) is 8.99. The Morgan fingerprint density at radius 1 is 1.37 bits per heavy atom. The van der Waals surface area contributed by atoms with Crippen LogP contribution in [0.3, 0.4) is 0 Å². The molecule has 1 unspecified atom stereocenters. The van der Waals surface area contributed by atoms with Crippen molar-refractivity contribution in [1.29, 1.82) is 0 Å². The van der Waals surface area contributed by atoms with Gasteiger partial charge in [-0.15, -0.1) is 0 Å². The van der Waals surface area contributed by atoms with Crippen molar-refractivity contribution in [2.24, 2.45) is 0 Å². The average Bonchev–Trinajstić information content (AvgIpc) is 2.37. The molecular formula is C13H14ClNO4. The first-order valence-corrected chi connectivity index (χ1v) is 6.29. The van der Waals surface area contributed by atoms with Crippen LogP contribution in [-0.2, 0) is 9.53 Å². The summed E-state index contributed by atoms with van der Waals surface area (Å²) >= 11 is 5.98. The van der Waals surface area contributed by atoms with E-state index < -0.39 is 12.1 Å². The molecule has 2 atom stereocenters. The zero-order valence-electron chi connectivity index (χ0n) is 10.4. The van der Waals surface area contributed by atoms with Crippen LogP contribution in [-0.4, -0.2) is 47.2 Å². The van der Waals surface area contributed by atoms with Gasteiger partial charge in [0, 0.05) is 6.54 Å². The van der Waals surface area contributed by atoms with Gasteiger partial charge < -0.3 is 14.7 Å². The summed E-state index contributed by atoms with van der Waals surface area (Å²) in [6, 6.07) is 6.71. The predicted octanol–water partition coefficient (Wildman–Crippen LogP) is 1.65. The number of hydrogen-bond acceptors (Lipinski definition) is 3. The Bertz CT molecular complexity index is 505. The van der Waals surface area contributed by atoms with Crippen molar-refractivity contribution in [2.75, 3.05) is 13.1 Å². The highest BCUT2D eigenvalue weighted by atomic mass is 35.5. The number of nitrogens with zero attached hydrogens (tertiary/aromatic N) is 1. The number of aliphatic carboxylic acids is 1. The lowest BCUT2D eigenvalue weighted by atomic mass is 10.1. The lowest BCUT2D eigenvalue weighted by Gasteiger charge is -2.35. The van der Waals surface area contributed by atoms with Gasteiger partial charge in [0.2, 0.25) is 0 Å². The van der Waals surface area contributed by atoms with E-state index in [0.717, 1.165) is 0 Å². The van der Waals surface area contributed by atoms with Gasteiger partial charge in [-0.1, -0.05) is 23.7 Å². The number of benzene rings is 1. The van der Waals surface area contributed by atoms with Crippen LogP contribution in [0.15, 0.2) is 24.3 Å². The highest BCUT2D eigenvalue weighted by molar-refractivity contribution is 6.33. The largest absolute Gasteiger partial charge is 0.479 e. The highest BCUT2D eigenvalue weighted by Crippen LogP contribution is 2.20.